The summed E-state index contributed by atoms with van der Waals surface area (Å²) < 4.78 is 0. The molecule has 2 N–H and O–H groups in total. The topological polar surface area (TPSA) is 39.7 Å². The number of likely N-dealkylation sites (N-methyl/N-ethyl adjacent to an activating group) is 1. The number of hydrogen-bond acceptors (Lipinski definition) is 2. The van der Waals surface area contributed by atoms with E-state index in [0.717, 1.165) is 25.5 Å². The first-order valence-corrected chi connectivity index (χ1v) is 8.08. The highest BCUT2D eigenvalue weighted by molar-refractivity contribution is 5.80. The van der Waals surface area contributed by atoms with Gasteiger partial charge in [-0.15, -0.1) is 0 Å². The summed E-state index contributed by atoms with van der Waals surface area (Å²) in [6, 6.07) is 11.0. The van der Waals surface area contributed by atoms with Gasteiger partial charge in [-0.2, -0.15) is 0 Å². The first-order chi connectivity index (χ1) is 10.3. The summed E-state index contributed by atoms with van der Waals surface area (Å²) in [5.41, 5.74) is 1.36. The van der Waals surface area contributed by atoms with Gasteiger partial charge in [-0.05, 0) is 53.8 Å². The van der Waals surface area contributed by atoms with Crippen LogP contribution in [0.25, 0.3) is 0 Å². The molecule has 0 bridgehead atoms. The first kappa shape index (κ1) is 18.5. The van der Waals surface area contributed by atoms with E-state index in [1.807, 2.05) is 0 Å². The minimum absolute atomic E-state index is 0.00798. The lowest BCUT2D eigenvalue weighted by molar-refractivity contribution is 0.298. The van der Waals surface area contributed by atoms with Crippen molar-refractivity contribution in [2.24, 2.45) is 4.99 Å². The zero-order valence-corrected chi connectivity index (χ0v) is 15.0. The Bertz CT molecular complexity index is 446. The molecule has 0 saturated heterocycles. The molecule has 1 aromatic rings. The van der Waals surface area contributed by atoms with Crippen molar-refractivity contribution in [3.8, 4) is 0 Å². The fraction of sp³-hybridized carbons (Fsp3) is 0.611. The SMILES string of the molecule is CCNC(=NCC(Cc1ccccc1)N(C)C)NC(C)(C)C. The fourth-order valence-electron chi connectivity index (χ4n) is 2.16. The van der Waals surface area contributed by atoms with Crippen molar-refractivity contribution in [2.45, 2.75) is 45.7 Å². The second-order valence-corrected chi connectivity index (χ2v) is 6.90. The lowest BCUT2D eigenvalue weighted by Crippen LogP contribution is -2.48. The van der Waals surface area contributed by atoms with E-state index in [4.69, 9.17) is 4.99 Å². The van der Waals surface area contributed by atoms with Gasteiger partial charge in [-0.25, -0.2) is 0 Å². The minimum atomic E-state index is 0.00798. The molecule has 0 spiro atoms. The molecule has 0 radical (unpaired) electrons. The Kier molecular flexibility index (Phi) is 7.39. The molecule has 0 fully saturated rings. The second kappa shape index (κ2) is 8.79. The molecule has 1 aromatic carbocycles. The van der Waals surface area contributed by atoms with Gasteiger partial charge in [0.15, 0.2) is 5.96 Å². The monoisotopic (exact) mass is 304 g/mol. The third kappa shape index (κ3) is 7.46. The third-order valence-corrected chi connectivity index (χ3v) is 3.34. The van der Waals surface area contributed by atoms with E-state index >= 15 is 0 Å². The van der Waals surface area contributed by atoms with E-state index in [2.05, 4.69) is 87.7 Å². The highest BCUT2D eigenvalue weighted by atomic mass is 15.2. The molecule has 1 rings (SSSR count). The summed E-state index contributed by atoms with van der Waals surface area (Å²) in [5.74, 6) is 0.884. The van der Waals surface area contributed by atoms with Gasteiger partial charge in [0.05, 0.1) is 6.54 Å². The number of nitrogens with zero attached hydrogens (tertiary/aromatic N) is 2. The normalized spacial score (nSPS) is 14.0. The predicted octanol–water partition coefficient (Wildman–Crippen LogP) is 2.51. The Morgan fingerprint density at radius 1 is 1.18 bits per heavy atom. The van der Waals surface area contributed by atoms with Crippen molar-refractivity contribution >= 4 is 5.96 Å². The van der Waals surface area contributed by atoms with Crippen LogP contribution < -0.4 is 10.6 Å². The smallest absolute Gasteiger partial charge is 0.191 e. The Hall–Kier alpha value is -1.55. The molecule has 0 saturated carbocycles. The molecule has 0 aliphatic carbocycles. The van der Waals surface area contributed by atoms with Crippen LogP contribution in [0, 0.1) is 0 Å². The molecule has 4 nitrogen and oxygen atoms in total. The Morgan fingerprint density at radius 3 is 2.32 bits per heavy atom. The molecule has 0 aromatic heterocycles. The molecule has 0 aliphatic rings. The summed E-state index contributed by atoms with van der Waals surface area (Å²) >= 11 is 0. The van der Waals surface area contributed by atoms with Gasteiger partial charge in [0.25, 0.3) is 0 Å². The quantitative estimate of drug-likeness (QED) is 0.627. The van der Waals surface area contributed by atoms with Crippen LogP contribution in [0.15, 0.2) is 35.3 Å². The molecular weight excluding hydrogens is 272 g/mol. The first-order valence-electron chi connectivity index (χ1n) is 8.08. The number of aliphatic imine (C=N–C) groups is 1. The van der Waals surface area contributed by atoms with Crippen LogP contribution in [0.4, 0.5) is 0 Å². The summed E-state index contributed by atoms with van der Waals surface area (Å²) in [6.07, 6.45) is 1.01. The standard InChI is InChI=1S/C18H32N4/c1-7-19-17(21-18(2,3)4)20-14-16(22(5)6)13-15-11-9-8-10-12-15/h8-12,16H,7,13-14H2,1-6H3,(H2,19,20,21). The summed E-state index contributed by atoms with van der Waals surface area (Å²) in [7, 11) is 4.24. The maximum Gasteiger partial charge on any atom is 0.191 e. The lowest BCUT2D eigenvalue weighted by atomic mass is 10.1. The van der Waals surface area contributed by atoms with Crippen molar-refractivity contribution in [1.82, 2.24) is 15.5 Å². The van der Waals surface area contributed by atoms with Crippen LogP contribution >= 0.6 is 0 Å². The van der Waals surface area contributed by atoms with Crippen molar-refractivity contribution in [3.05, 3.63) is 35.9 Å². The van der Waals surface area contributed by atoms with Crippen LogP contribution in [-0.2, 0) is 6.42 Å². The molecule has 4 heteroatoms. The zero-order chi connectivity index (χ0) is 16.6. The molecule has 1 atom stereocenters. The van der Waals surface area contributed by atoms with Gasteiger partial charge in [-0.3, -0.25) is 4.99 Å². The number of nitrogens with one attached hydrogen (secondary N) is 2. The van der Waals surface area contributed by atoms with Crippen molar-refractivity contribution in [2.75, 3.05) is 27.2 Å². The van der Waals surface area contributed by atoms with Crippen LogP contribution in [-0.4, -0.2) is 49.6 Å². The van der Waals surface area contributed by atoms with Crippen LogP contribution in [0.1, 0.15) is 33.3 Å². The molecule has 0 aliphatic heterocycles. The molecule has 124 valence electrons. The molecule has 0 amide bonds. The van der Waals surface area contributed by atoms with Gasteiger partial charge < -0.3 is 15.5 Å². The van der Waals surface area contributed by atoms with E-state index < -0.39 is 0 Å². The highest BCUT2D eigenvalue weighted by Crippen LogP contribution is 2.07. The summed E-state index contributed by atoms with van der Waals surface area (Å²) in [4.78, 5) is 7.02. The van der Waals surface area contributed by atoms with Gasteiger partial charge in [0, 0.05) is 18.1 Å². The number of guanidine groups is 1. The average Bonchev–Trinajstić information content (AvgIpc) is 2.42. The van der Waals surface area contributed by atoms with E-state index in [0.29, 0.717) is 6.04 Å². The lowest BCUT2D eigenvalue weighted by Gasteiger charge is -2.26. The van der Waals surface area contributed by atoms with Crippen molar-refractivity contribution in [3.63, 3.8) is 0 Å². The molecule has 1 unspecified atom stereocenters. The van der Waals surface area contributed by atoms with E-state index in [-0.39, 0.29) is 5.54 Å². The van der Waals surface area contributed by atoms with Crippen LogP contribution in [0.5, 0.6) is 0 Å². The fourth-order valence-corrected chi connectivity index (χ4v) is 2.16. The highest BCUT2D eigenvalue weighted by Gasteiger charge is 2.15. The minimum Gasteiger partial charge on any atom is -0.357 e. The number of rotatable bonds is 6. The largest absolute Gasteiger partial charge is 0.357 e. The van der Waals surface area contributed by atoms with Gasteiger partial charge >= 0.3 is 0 Å². The van der Waals surface area contributed by atoms with Crippen molar-refractivity contribution < 1.29 is 0 Å². The van der Waals surface area contributed by atoms with E-state index in [1.54, 1.807) is 0 Å². The zero-order valence-electron chi connectivity index (χ0n) is 15.0. The van der Waals surface area contributed by atoms with E-state index in [9.17, 15) is 0 Å². The van der Waals surface area contributed by atoms with Crippen molar-refractivity contribution in [1.29, 1.82) is 0 Å². The van der Waals surface area contributed by atoms with Gasteiger partial charge in [0.1, 0.15) is 0 Å². The average molecular weight is 304 g/mol. The van der Waals surface area contributed by atoms with E-state index in [1.165, 1.54) is 5.56 Å². The van der Waals surface area contributed by atoms with Crippen LogP contribution in [0.2, 0.25) is 0 Å². The molecule has 0 heterocycles. The Morgan fingerprint density at radius 2 is 1.82 bits per heavy atom. The van der Waals surface area contributed by atoms with Crippen LogP contribution in [0.3, 0.4) is 0 Å². The van der Waals surface area contributed by atoms with Gasteiger partial charge in [-0.1, -0.05) is 30.3 Å². The van der Waals surface area contributed by atoms with Gasteiger partial charge in [0.2, 0.25) is 0 Å². The summed E-state index contributed by atoms with van der Waals surface area (Å²) in [5, 5.41) is 6.75. The second-order valence-electron chi connectivity index (χ2n) is 6.90. The summed E-state index contributed by atoms with van der Waals surface area (Å²) in [6.45, 7) is 10.2. The predicted molar refractivity (Wildman–Crippen MR) is 96.5 cm³/mol. The maximum absolute atomic E-state index is 4.77. The molecular formula is C18H32N4. The third-order valence-electron chi connectivity index (χ3n) is 3.34. The Labute approximate surface area is 136 Å². The number of benzene rings is 1. The number of hydrogen-bond donors (Lipinski definition) is 2. The molecule has 22 heavy (non-hydrogen) atoms. The maximum atomic E-state index is 4.77. The Balaban J connectivity index is 2.73.